The second-order valence-electron chi connectivity index (χ2n) is 5.93. The Balaban J connectivity index is 1.49. The molecule has 0 spiro atoms. The number of hydrogen-bond donors (Lipinski definition) is 3. The topological polar surface area (TPSA) is 144 Å². The Morgan fingerprint density at radius 1 is 1.34 bits per heavy atom. The number of nitro groups is 1. The molecule has 1 atom stereocenters. The molecule has 1 aliphatic heterocycles. The zero-order valence-electron chi connectivity index (χ0n) is 14.9. The molecule has 1 unspecified atom stereocenters. The van der Waals surface area contributed by atoms with Gasteiger partial charge < -0.3 is 15.1 Å². The molecule has 0 radical (unpaired) electrons. The molecule has 4 N–H and O–H groups in total. The minimum absolute atomic E-state index is 0.287. The van der Waals surface area contributed by atoms with Crippen LogP contribution in [0.5, 0.6) is 0 Å². The van der Waals surface area contributed by atoms with E-state index in [1.165, 1.54) is 30.1 Å². The maximum absolute atomic E-state index is 10.7. The van der Waals surface area contributed by atoms with Crippen LogP contribution < -0.4 is 16.4 Å². The highest BCUT2D eigenvalue weighted by atomic mass is 32.2. The smallest absolute Gasteiger partial charge is 0.400 e. The Labute approximate surface area is 169 Å². The van der Waals surface area contributed by atoms with Crippen LogP contribution in [0.15, 0.2) is 69.7 Å². The monoisotopic (exact) mass is 409 g/mol. The fraction of sp³-hybridized carbons (Fsp3) is 0.0556. The summed E-state index contributed by atoms with van der Waals surface area (Å²) >= 11 is 1.42. The van der Waals surface area contributed by atoms with E-state index in [0.717, 1.165) is 5.69 Å². The molecule has 0 aliphatic carbocycles. The normalized spacial score (nSPS) is 18.1. The van der Waals surface area contributed by atoms with Crippen LogP contribution in [0.25, 0.3) is 0 Å². The van der Waals surface area contributed by atoms with Gasteiger partial charge in [-0.15, -0.1) is 0 Å². The molecule has 29 heavy (non-hydrogen) atoms. The van der Waals surface area contributed by atoms with Crippen molar-refractivity contribution < 1.29 is 9.34 Å². The highest BCUT2D eigenvalue weighted by Gasteiger charge is 2.30. The predicted molar refractivity (Wildman–Crippen MR) is 110 cm³/mol. The van der Waals surface area contributed by atoms with Crippen molar-refractivity contribution >= 4 is 41.2 Å². The van der Waals surface area contributed by atoms with Crippen LogP contribution >= 0.6 is 11.8 Å². The Bertz CT molecular complexity index is 1100. The molecule has 2 aromatic heterocycles. The molecule has 0 bridgehead atoms. The van der Waals surface area contributed by atoms with E-state index in [1.54, 1.807) is 30.6 Å². The molecular formula is C18H15N7O3S. The number of thioether (sulfide) groups is 1. The number of benzene rings is 1. The quantitative estimate of drug-likeness (QED) is 0.317. The van der Waals surface area contributed by atoms with Gasteiger partial charge in [-0.25, -0.2) is 9.97 Å². The number of nitrogens with two attached hydrogens (primary N) is 1. The first-order valence-electron chi connectivity index (χ1n) is 8.40. The van der Waals surface area contributed by atoms with Crippen LogP contribution in [0.2, 0.25) is 0 Å². The van der Waals surface area contributed by atoms with E-state index < -0.39 is 9.92 Å². The lowest BCUT2D eigenvalue weighted by molar-refractivity contribution is -0.402. The zero-order valence-corrected chi connectivity index (χ0v) is 15.7. The van der Waals surface area contributed by atoms with Gasteiger partial charge in [-0.2, -0.15) is 0 Å². The van der Waals surface area contributed by atoms with Gasteiger partial charge in [-0.1, -0.05) is 17.8 Å². The molecule has 4 rings (SSSR count). The van der Waals surface area contributed by atoms with E-state index in [1.807, 2.05) is 17.5 Å². The van der Waals surface area contributed by atoms with Gasteiger partial charge in [-0.3, -0.25) is 20.8 Å². The molecule has 3 aromatic rings. The average Bonchev–Trinajstić information content (AvgIpc) is 3.37. The number of hydrogen-bond acceptors (Lipinski definition) is 10. The first-order valence-corrected chi connectivity index (χ1v) is 9.28. The Morgan fingerprint density at radius 3 is 3.00 bits per heavy atom. The minimum Gasteiger partial charge on any atom is -0.400 e. The maximum atomic E-state index is 10.7. The van der Waals surface area contributed by atoms with Crippen molar-refractivity contribution in [3.63, 3.8) is 0 Å². The van der Waals surface area contributed by atoms with Gasteiger partial charge in [0.05, 0.1) is 23.7 Å². The summed E-state index contributed by atoms with van der Waals surface area (Å²) in [6.45, 7) is 0. The maximum Gasteiger partial charge on any atom is 0.433 e. The lowest BCUT2D eigenvalue weighted by Gasteiger charge is -2.23. The van der Waals surface area contributed by atoms with Crippen LogP contribution in [-0.2, 0) is 4.99 Å². The third-order valence-corrected chi connectivity index (χ3v) is 4.86. The molecule has 0 amide bonds. The Morgan fingerprint density at radius 2 is 2.24 bits per heavy atom. The summed E-state index contributed by atoms with van der Waals surface area (Å²) in [7, 11) is 0. The Kier molecular flexibility index (Phi) is 4.97. The van der Waals surface area contributed by atoms with Crippen molar-refractivity contribution in [2.24, 2.45) is 10.7 Å². The van der Waals surface area contributed by atoms with Crippen LogP contribution in [0, 0.1) is 10.1 Å². The van der Waals surface area contributed by atoms with E-state index in [2.05, 4.69) is 25.6 Å². The summed E-state index contributed by atoms with van der Waals surface area (Å²) in [4.78, 5) is 22.2. The molecule has 10 nitrogen and oxygen atoms in total. The number of nitrogens with one attached hydrogen (secondary N) is 2. The van der Waals surface area contributed by atoms with Crippen molar-refractivity contribution in [3.05, 3.63) is 81.8 Å². The number of rotatable bonds is 6. The van der Waals surface area contributed by atoms with Crippen molar-refractivity contribution in [1.82, 2.24) is 15.3 Å². The summed E-state index contributed by atoms with van der Waals surface area (Å²) in [5, 5.41) is 18.7. The summed E-state index contributed by atoms with van der Waals surface area (Å²) < 4.78 is 5.06. The van der Waals surface area contributed by atoms with Crippen molar-refractivity contribution in [1.29, 1.82) is 0 Å². The van der Waals surface area contributed by atoms with Gasteiger partial charge in [0.1, 0.15) is 4.92 Å². The number of nitrogens with zero attached hydrogens (tertiary/aromatic N) is 4. The van der Waals surface area contributed by atoms with Crippen LogP contribution in [0.4, 0.5) is 23.2 Å². The van der Waals surface area contributed by atoms with E-state index >= 15 is 0 Å². The fourth-order valence-electron chi connectivity index (χ4n) is 2.53. The molecule has 1 aliphatic rings. The highest BCUT2D eigenvalue weighted by molar-refractivity contribution is 8.03. The number of anilines is 2. The number of furan rings is 1. The van der Waals surface area contributed by atoms with E-state index in [4.69, 9.17) is 10.2 Å². The second-order valence-corrected chi connectivity index (χ2v) is 7.08. The first-order chi connectivity index (χ1) is 14.0. The molecule has 1 aromatic carbocycles. The molecule has 0 saturated carbocycles. The van der Waals surface area contributed by atoms with Crippen LogP contribution in [0.3, 0.4) is 0 Å². The Hall–Kier alpha value is -3.70. The van der Waals surface area contributed by atoms with Crippen molar-refractivity contribution in [2.75, 3.05) is 5.32 Å². The molecular weight excluding hydrogens is 394 g/mol. The molecule has 11 heteroatoms. The summed E-state index contributed by atoms with van der Waals surface area (Å²) in [6, 6.07) is 11.7. The highest BCUT2D eigenvalue weighted by Crippen LogP contribution is 2.32. The third kappa shape index (κ3) is 4.25. The lowest BCUT2D eigenvalue weighted by atomic mass is 10.3. The molecule has 0 fully saturated rings. The van der Waals surface area contributed by atoms with E-state index in [9.17, 15) is 10.1 Å². The first kappa shape index (κ1) is 18.7. The van der Waals surface area contributed by atoms with Gasteiger partial charge in [0, 0.05) is 18.1 Å². The summed E-state index contributed by atoms with van der Waals surface area (Å²) in [6.07, 6.45) is 4.82. The summed E-state index contributed by atoms with van der Waals surface area (Å²) in [5.74, 6) is 0.348. The van der Waals surface area contributed by atoms with E-state index in [-0.39, 0.29) is 11.6 Å². The largest absolute Gasteiger partial charge is 0.433 e. The van der Waals surface area contributed by atoms with Crippen molar-refractivity contribution in [3.8, 4) is 0 Å². The number of aliphatic imine (C=N–C) groups is 1. The fourth-order valence-corrected chi connectivity index (χ4v) is 3.26. The van der Waals surface area contributed by atoms with Gasteiger partial charge in [0.15, 0.2) is 10.8 Å². The second kappa shape index (κ2) is 7.73. The molecule has 146 valence electrons. The van der Waals surface area contributed by atoms with Crippen LogP contribution in [0.1, 0.15) is 11.5 Å². The lowest BCUT2D eigenvalue weighted by Crippen LogP contribution is -2.43. The van der Waals surface area contributed by atoms with Gasteiger partial charge >= 0.3 is 5.88 Å². The zero-order chi connectivity index (χ0) is 20.3. The SMILES string of the molecule is NC1(c2ccnc(Nc3cccc(N=Cc4ccc([N+](=O)[O-])o4)c3)n2)NC=CS1. The average molecular weight is 409 g/mol. The van der Waals surface area contributed by atoms with Gasteiger partial charge in [0.2, 0.25) is 5.95 Å². The third-order valence-electron chi connectivity index (χ3n) is 3.89. The van der Waals surface area contributed by atoms with Crippen LogP contribution in [-0.4, -0.2) is 21.1 Å². The van der Waals surface area contributed by atoms with Crippen molar-refractivity contribution in [2.45, 2.75) is 4.99 Å². The standard InChI is InChI=1S/C18H15N7O3S/c19-18(22-8-9-29-18)15-6-7-20-17(24-15)23-13-3-1-2-12(10-13)21-11-14-4-5-16(28-14)25(26)27/h1-11,22H,19H2,(H,20,23,24). The summed E-state index contributed by atoms with van der Waals surface area (Å²) in [5.41, 5.74) is 8.26. The van der Waals surface area contributed by atoms with Gasteiger partial charge in [0.25, 0.3) is 0 Å². The minimum atomic E-state index is -0.822. The molecule has 3 heterocycles. The van der Waals surface area contributed by atoms with E-state index in [0.29, 0.717) is 17.3 Å². The number of aromatic nitrogens is 2. The van der Waals surface area contributed by atoms with Gasteiger partial charge in [-0.05, 0) is 35.7 Å². The molecule has 0 saturated heterocycles. The predicted octanol–water partition coefficient (Wildman–Crippen LogP) is 3.35.